The Hall–Kier alpha value is -1.04. The second-order valence-corrected chi connectivity index (χ2v) is 1.83. The minimum Gasteiger partial charge on any atom is -0.355 e. The molecular weight excluding hydrogens is 104 g/mol. The number of nitriles is 1. The summed E-state index contributed by atoms with van der Waals surface area (Å²) in [6, 6.07) is 2.01. The van der Waals surface area contributed by atoms with Crippen molar-refractivity contribution in [3.8, 4) is 6.07 Å². The summed E-state index contributed by atoms with van der Waals surface area (Å²) >= 11 is 0. The van der Waals surface area contributed by atoms with Crippen molar-refractivity contribution < 1.29 is 4.79 Å². The van der Waals surface area contributed by atoms with Crippen molar-refractivity contribution in [2.45, 2.75) is 6.42 Å². The van der Waals surface area contributed by atoms with E-state index in [-0.39, 0.29) is 11.8 Å². The summed E-state index contributed by atoms with van der Waals surface area (Å²) in [4.78, 5) is 10.4. The molecule has 0 saturated carbocycles. The Kier molecular flexibility index (Phi) is 1.17. The standard InChI is InChI=1S/C5H6N2O/c6-2-4-1-5(8)7-3-4/h4H,1,3H2,(H,7,8). The monoisotopic (exact) mass is 110 g/mol. The lowest BCUT2D eigenvalue weighted by Gasteiger charge is -1.85. The van der Waals surface area contributed by atoms with Crippen LogP contribution in [0.4, 0.5) is 0 Å². The maximum atomic E-state index is 10.4. The molecule has 0 aromatic carbocycles. The number of hydrogen-bond acceptors (Lipinski definition) is 2. The molecule has 1 heterocycles. The third-order valence-corrected chi connectivity index (χ3v) is 1.16. The van der Waals surface area contributed by atoms with Gasteiger partial charge >= 0.3 is 0 Å². The van der Waals surface area contributed by atoms with Crippen LogP contribution in [0.3, 0.4) is 0 Å². The molecule has 1 amide bonds. The van der Waals surface area contributed by atoms with Crippen LogP contribution in [0, 0.1) is 17.2 Å². The maximum absolute atomic E-state index is 10.4. The van der Waals surface area contributed by atoms with Crippen LogP contribution in [0.1, 0.15) is 6.42 Å². The molecule has 1 atom stereocenters. The van der Waals surface area contributed by atoms with Crippen LogP contribution in [-0.2, 0) is 4.79 Å². The molecule has 1 unspecified atom stereocenters. The van der Waals surface area contributed by atoms with Crippen molar-refractivity contribution in [2.24, 2.45) is 5.92 Å². The Bertz CT molecular complexity index is 147. The average Bonchev–Trinajstić information content (AvgIpc) is 2.14. The van der Waals surface area contributed by atoms with Gasteiger partial charge < -0.3 is 5.32 Å². The van der Waals surface area contributed by atoms with Gasteiger partial charge in [-0.3, -0.25) is 4.79 Å². The molecule has 0 aromatic heterocycles. The number of amides is 1. The van der Waals surface area contributed by atoms with Crippen molar-refractivity contribution in [1.29, 1.82) is 5.26 Å². The highest BCUT2D eigenvalue weighted by atomic mass is 16.1. The zero-order valence-corrected chi connectivity index (χ0v) is 4.35. The molecule has 1 N–H and O–H groups in total. The van der Waals surface area contributed by atoms with Crippen LogP contribution in [0.2, 0.25) is 0 Å². The Morgan fingerprint density at radius 1 is 1.88 bits per heavy atom. The van der Waals surface area contributed by atoms with Crippen molar-refractivity contribution >= 4 is 5.91 Å². The highest BCUT2D eigenvalue weighted by Crippen LogP contribution is 2.05. The quantitative estimate of drug-likeness (QED) is 0.463. The van der Waals surface area contributed by atoms with Gasteiger partial charge in [-0.05, 0) is 0 Å². The van der Waals surface area contributed by atoms with Crippen molar-refractivity contribution in [3.63, 3.8) is 0 Å². The van der Waals surface area contributed by atoms with E-state index in [1.54, 1.807) is 0 Å². The first kappa shape index (κ1) is 5.10. The molecule has 1 aliphatic rings. The summed E-state index contributed by atoms with van der Waals surface area (Å²) in [5, 5.41) is 10.8. The SMILES string of the molecule is N#CC1CNC(=O)C1. The van der Waals surface area contributed by atoms with Gasteiger partial charge in [-0.1, -0.05) is 0 Å². The van der Waals surface area contributed by atoms with E-state index in [1.165, 1.54) is 0 Å². The fraction of sp³-hybridized carbons (Fsp3) is 0.600. The minimum atomic E-state index is -0.0810. The summed E-state index contributed by atoms with van der Waals surface area (Å²) in [6.45, 7) is 0.537. The van der Waals surface area contributed by atoms with Gasteiger partial charge in [-0.15, -0.1) is 0 Å². The van der Waals surface area contributed by atoms with Gasteiger partial charge in [-0.25, -0.2) is 0 Å². The first-order valence-electron chi connectivity index (χ1n) is 2.49. The Labute approximate surface area is 47.3 Å². The second kappa shape index (κ2) is 1.83. The van der Waals surface area contributed by atoms with E-state index in [2.05, 4.69) is 5.32 Å². The third-order valence-electron chi connectivity index (χ3n) is 1.16. The molecule has 0 aromatic rings. The fourth-order valence-electron chi connectivity index (χ4n) is 0.696. The maximum Gasteiger partial charge on any atom is 0.221 e. The van der Waals surface area contributed by atoms with Crippen LogP contribution in [0.15, 0.2) is 0 Å². The topological polar surface area (TPSA) is 52.9 Å². The van der Waals surface area contributed by atoms with Crippen LogP contribution in [-0.4, -0.2) is 12.5 Å². The Morgan fingerprint density at radius 3 is 2.88 bits per heavy atom. The summed E-state index contributed by atoms with van der Waals surface area (Å²) in [7, 11) is 0. The molecule has 1 rings (SSSR count). The van der Waals surface area contributed by atoms with Crippen molar-refractivity contribution in [3.05, 3.63) is 0 Å². The summed E-state index contributed by atoms with van der Waals surface area (Å²) < 4.78 is 0. The van der Waals surface area contributed by atoms with Gasteiger partial charge in [0.2, 0.25) is 5.91 Å². The summed E-state index contributed by atoms with van der Waals surface area (Å²) in [6.07, 6.45) is 0.385. The summed E-state index contributed by atoms with van der Waals surface area (Å²) in [5.74, 6) is -0.0842. The van der Waals surface area contributed by atoms with Crippen LogP contribution >= 0.6 is 0 Å². The molecule has 42 valence electrons. The van der Waals surface area contributed by atoms with Gasteiger partial charge in [-0.2, -0.15) is 5.26 Å². The number of nitrogens with zero attached hydrogens (tertiary/aromatic N) is 1. The van der Waals surface area contributed by atoms with Crippen LogP contribution in [0.5, 0.6) is 0 Å². The molecule has 8 heavy (non-hydrogen) atoms. The average molecular weight is 110 g/mol. The van der Waals surface area contributed by atoms with Crippen LogP contribution in [0.25, 0.3) is 0 Å². The predicted molar refractivity (Wildman–Crippen MR) is 26.7 cm³/mol. The van der Waals surface area contributed by atoms with Gasteiger partial charge in [0.05, 0.1) is 12.0 Å². The van der Waals surface area contributed by atoms with E-state index >= 15 is 0 Å². The largest absolute Gasteiger partial charge is 0.355 e. The lowest BCUT2D eigenvalue weighted by Crippen LogP contribution is -2.13. The number of rotatable bonds is 0. The number of nitrogens with one attached hydrogen (secondary N) is 1. The third kappa shape index (κ3) is 0.784. The fourth-order valence-corrected chi connectivity index (χ4v) is 0.696. The number of carbonyl (C=O) groups excluding carboxylic acids is 1. The molecule has 3 nitrogen and oxygen atoms in total. The summed E-state index contributed by atoms with van der Waals surface area (Å²) in [5.41, 5.74) is 0. The normalized spacial score (nSPS) is 26.9. The molecule has 0 bridgehead atoms. The Balaban J connectivity index is 2.47. The second-order valence-electron chi connectivity index (χ2n) is 1.83. The van der Waals surface area contributed by atoms with E-state index in [0.717, 1.165) is 0 Å². The van der Waals surface area contributed by atoms with E-state index < -0.39 is 0 Å². The molecule has 1 aliphatic heterocycles. The van der Waals surface area contributed by atoms with E-state index in [0.29, 0.717) is 13.0 Å². The van der Waals surface area contributed by atoms with E-state index in [1.807, 2.05) is 6.07 Å². The van der Waals surface area contributed by atoms with Gasteiger partial charge in [0, 0.05) is 13.0 Å². The number of carbonyl (C=O) groups is 1. The van der Waals surface area contributed by atoms with Gasteiger partial charge in [0.1, 0.15) is 0 Å². The minimum absolute atomic E-state index is 0.00319. The van der Waals surface area contributed by atoms with E-state index in [9.17, 15) is 4.79 Å². The number of hydrogen-bond donors (Lipinski definition) is 1. The smallest absolute Gasteiger partial charge is 0.221 e. The van der Waals surface area contributed by atoms with Gasteiger partial charge in [0.25, 0.3) is 0 Å². The van der Waals surface area contributed by atoms with E-state index in [4.69, 9.17) is 5.26 Å². The highest BCUT2D eigenvalue weighted by Gasteiger charge is 2.19. The first-order chi connectivity index (χ1) is 3.83. The highest BCUT2D eigenvalue weighted by molar-refractivity contribution is 5.78. The molecule has 0 radical (unpaired) electrons. The molecular formula is C5H6N2O. The molecule has 0 spiro atoms. The van der Waals surface area contributed by atoms with Crippen molar-refractivity contribution in [1.82, 2.24) is 5.32 Å². The van der Waals surface area contributed by atoms with Gasteiger partial charge in [0.15, 0.2) is 0 Å². The molecule has 1 fully saturated rings. The zero-order valence-electron chi connectivity index (χ0n) is 4.35. The lowest BCUT2D eigenvalue weighted by atomic mass is 10.1. The Morgan fingerprint density at radius 2 is 2.62 bits per heavy atom. The van der Waals surface area contributed by atoms with Crippen molar-refractivity contribution in [2.75, 3.05) is 6.54 Å². The first-order valence-corrected chi connectivity index (χ1v) is 2.49. The zero-order chi connectivity index (χ0) is 5.98. The molecule has 3 heteroatoms. The van der Waals surface area contributed by atoms with Crippen LogP contribution < -0.4 is 5.32 Å². The predicted octanol–water partition coefficient (Wildman–Crippen LogP) is -0.354. The molecule has 0 aliphatic carbocycles. The molecule has 1 saturated heterocycles. The lowest BCUT2D eigenvalue weighted by molar-refractivity contribution is -0.119.